The van der Waals surface area contributed by atoms with Crippen molar-refractivity contribution in [3.8, 4) is 17.1 Å². The maximum atomic E-state index is 13.9. The number of carbonyl (C=O) groups excluding carboxylic acids is 1. The fourth-order valence-electron chi connectivity index (χ4n) is 3.42. The fourth-order valence-corrected chi connectivity index (χ4v) is 4.19. The molecule has 1 aromatic heterocycles. The zero-order valence-corrected chi connectivity index (χ0v) is 19.2. The molecule has 4 aromatic rings. The highest BCUT2D eigenvalue weighted by atomic mass is 32.2. The maximum Gasteiger partial charge on any atom is 0.234 e. The van der Waals surface area contributed by atoms with E-state index in [2.05, 4.69) is 15.5 Å². The van der Waals surface area contributed by atoms with Crippen LogP contribution in [-0.2, 0) is 17.8 Å². The molecule has 0 saturated carbocycles. The van der Waals surface area contributed by atoms with Crippen molar-refractivity contribution >= 4 is 23.4 Å². The van der Waals surface area contributed by atoms with Crippen LogP contribution in [0.15, 0.2) is 78.0 Å². The molecule has 34 heavy (non-hydrogen) atoms. The van der Waals surface area contributed by atoms with Gasteiger partial charge in [-0.1, -0.05) is 54.2 Å². The van der Waals surface area contributed by atoms with E-state index in [4.69, 9.17) is 4.74 Å². The van der Waals surface area contributed by atoms with Crippen molar-refractivity contribution < 1.29 is 18.3 Å². The number of nitrogens with zero attached hydrogens (tertiary/aromatic N) is 3. The third kappa shape index (κ3) is 5.60. The summed E-state index contributed by atoms with van der Waals surface area (Å²) in [6.45, 7) is 0.576. The van der Waals surface area contributed by atoms with Crippen LogP contribution in [0.2, 0.25) is 0 Å². The van der Waals surface area contributed by atoms with Gasteiger partial charge >= 0.3 is 0 Å². The molecular weight excluding hydrogens is 458 g/mol. The number of rotatable bonds is 9. The van der Waals surface area contributed by atoms with Crippen LogP contribution in [-0.4, -0.2) is 33.5 Å². The first-order chi connectivity index (χ1) is 16.5. The molecule has 0 saturated heterocycles. The third-order valence-electron chi connectivity index (χ3n) is 5.07. The lowest BCUT2D eigenvalue weighted by Gasteiger charge is -2.12. The molecule has 0 aliphatic rings. The zero-order valence-electron chi connectivity index (χ0n) is 18.4. The monoisotopic (exact) mass is 480 g/mol. The van der Waals surface area contributed by atoms with Gasteiger partial charge in [0, 0.05) is 12.6 Å². The average Bonchev–Trinajstić information content (AvgIpc) is 3.26. The average molecular weight is 481 g/mol. The Morgan fingerprint density at radius 1 is 1.03 bits per heavy atom. The summed E-state index contributed by atoms with van der Waals surface area (Å²) in [7, 11) is 1.59. The number of benzene rings is 3. The second kappa shape index (κ2) is 10.9. The van der Waals surface area contributed by atoms with Crippen LogP contribution in [0.4, 0.5) is 14.5 Å². The summed E-state index contributed by atoms with van der Waals surface area (Å²) >= 11 is 1.17. The first kappa shape index (κ1) is 23.4. The lowest BCUT2D eigenvalue weighted by molar-refractivity contribution is -0.113. The molecule has 174 valence electrons. The first-order valence-electron chi connectivity index (χ1n) is 10.5. The van der Waals surface area contributed by atoms with Gasteiger partial charge in [-0.05, 0) is 36.2 Å². The summed E-state index contributed by atoms with van der Waals surface area (Å²) in [6.07, 6.45) is 0.731. The maximum absolute atomic E-state index is 13.9. The largest absolute Gasteiger partial charge is 0.496 e. The molecule has 1 N–H and O–H groups in total. The molecule has 0 radical (unpaired) electrons. The number of carbonyl (C=O) groups is 1. The number of hydrogen-bond donors (Lipinski definition) is 1. The molecule has 0 bridgehead atoms. The van der Waals surface area contributed by atoms with Crippen LogP contribution < -0.4 is 10.1 Å². The molecule has 0 spiro atoms. The number of nitrogens with one attached hydrogen (secondary N) is 1. The van der Waals surface area contributed by atoms with Crippen molar-refractivity contribution in [3.63, 3.8) is 0 Å². The molecule has 0 fully saturated rings. The minimum absolute atomic E-state index is 0.0502. The minimum Gasteiger partial charge on any atom is -0.496 e. The van der Waals surface area contributed by atoms with Crippen LogP contribution in [0.1, 0.15) is 5.56 Å². The van der Waals surface area contributed by atoms with Gasteiger partial charge in [0.2, 0.25) is 5.91 Å². The van der Waals surface area contributed by atoms with Gasteiger partial charge in [0.15, 0.2) is 11.0 Å². The van der Waals surface area contributed by atoms with E-state index in [0.29, 0.717) is 23.3 Å². The normalized spacial score (nSPS) is 10.8. The number of ether oxygens (including phenoxy) is 1. The Labute approximate surface area is 200 Å². The summed E-state index contributed by atoms with van der Waals surface area (Å²) in [5, 5.41) is 11.6. The van der Waals surface area contributed by atoms with Gasteiger partial charge in [-0.25, -0.2) is 8.78 Å². The molecule has 9 heteroatoms. The highest BCUT2D eigenvalue weighted by Gasteiger charge is 2.19. The Hall–Kier alpha value is -3.72. The summed E-state index contributed by atoms with van der Waals surface area (Å²) in [5.74, 6) is -0.591. The second-order valence-electron chi connectivity index (χ2n) is 7.35. The van der Waals surface area contributed by atoms with E-state index >= 15 is 0 Å². The number of halogens is 2. The molecule has 0 unspecified atom stereocenters. The topological polar surface area (TPSA) is 69.0 Å². The number of thioether (sulfide) groups is 1. The molecule has 6 nitrogen and oxygen atoms in total. The van der Waals surface area contributed by atoms with Crippen molar-refractivity contribution in [2.45, 2.75) is 18.1 Å². The van der Waals surface area contributed by atoms with Crippen molar-refractivity contribution in [2.24, 2.45) is 0 Å². The predicted molar refractivity (Wildman–Crippen MR) is 128 cm³/mol. The molecule has 0 atom stereocenters. The smallest absolute Gasteiger partial charge is 0.234 e. The number of hydrogen-bond acceptors (Lipinski definition) is 5. The van der Waals surface area contributed by atoms with Crippen LogP contribution in [0.5, 0.6) is 5.75 Å². The van der Waals surface area contributed by atoms with E-state index in [-0.39, 0.29) is 11.4 Å². The van der Waals surface area contributed by atoms with E-state index in [1.165, 1.54) is 11.8 Å². The van der Waals surface area contributed by atoms with Gasteiger partial charge in [-0.3, -0.25) is 4.79 Å². The van der Waals surface area contributed by atoms with Crippen LogP contribution in [0, 0.1) is 11.6 Å². The van der Waals surface area contributed by atoms with E-state index in [9.17, 15) is 13.6 Å². The Kier molecular flexibility index (Phi) is 7.54. The van der Waals surface area contributed by atoms with E-state index in [0.717, 1.165) is 35.7 Å². The van der Waals surface area contributed by atoms with Crippen molar-refractivity contribution in [3.05, 3.63) is 90.0 Å². The SMILES string of the molecule is COc1ccccc1-c1nnc(SCC(=O)Nc2cc(F)ccc2F)n1CCc1ccccc1. The number of aryl methyl sites for hydroxylation is 1. The van der Waals surface area contributed by atoms with Gasteiger partial charge < -0.3 is 14.6 Å². The Balaban J connectivity index is 1.55. The van der Waals surface area contributed by atoms with Gasteiger partial charge in [-0.2, -0.15) is 0 Å². The minimum atomic E-state index is -0.704. The fraction of sp³-hybridized carbons (Fsp3) is 0.160. The van der Waals surface area contributed by atoms with Crippen LogP contribution >= 0.6 is 11.8 Å². The lowest BCUT2D eigenvalue weighted by Crippen LogP contribution is -2.16. The third-order valence-corrected chi connectivity index (χ3v) is 6.03. The number of anilines is 1. The quantitative estimate of drug-likeness (QED) is 0.333. The highest BCUT2D eigenvalue weighted by molar-refractivity contribution is 7.99. The molecule has 1 amide bonds. The van der Waals surface area contributed by atoms with Crippen molar-refractivity contribution in [1.82, 2.24) is 14.8 Å². The van der Waals surface area contributed by atoms with Gasteiger partial charge in [-0.15, -0.1) is 10.2 Å². The number of amides is 1. The van der Waals surface area contributed by atoms with Crippen molar-refractivity contribution in [1.29, 1.82) is 0 Å². The number of aromatic nitrogens is 3. The molecule has 1 heterocycles. The van der Waals surface area contributed by atoms with Crippen molar-refractivity contribution in [2.75, 3.05) is 18.2 Å². The van der Waals surface area contributed by atoms with E-state index in [1.807, 2.05) is 59.2 Å². The summed E-state index contributed by atoms with van der Waals surface area (Å²) in [6, 6.07) is 20.4. The summed E-state index contributed by atoms with van der Waals surface area (Å²) in [5.41, 5.74) is 1.73. The van der Waals surface area contributed by atoms with Crippen LogP contribution in [0.25, 0.3) is 11.4 Å². The van der Waals surface area contributed by atoms with Gasteiger partial charge in [0.05, 0.1) is 24.1 Å². The summed E-state index contributed by atoms with van der Waals surface area (Å²) in [4.78, 5) is 12.4. The van der Waals surface area contributed by atoms with Crippen LogP contribution in [0.3, 0.4) is 0 Å². The molecule has 4 rings (SSSR count). The number of methoxy groups -OCH3 is 1. The first-order valence-corrected chi connectivity index (χ1v) is 11.5. The second-order valence-corrected chi connectivity index (χ2v) is 8.30. The molecule has 0 aliphatic carbocycles. The molecular formula is C25H22F2N4O2S. The Morgan fingerprint density at radius 3 is 2.59 bits per heavy atom. The van der Waals surface area contributed by atoms with Gasteiger partial charge in [0.25, 0.3) is 0 Å². The van der Waals surface area contributed by atoms with Gasteiger partial charge in [0.1, 0.15) is 17.4 Å². The summed E-state index contributed by atoms with van der Waals surface area (Å²) < 4.78 is 34.7. The van der Waals surface area contributed by atoms with E-state index in [1.54, 1.807) is 7.11 Å². The number of para-hydroxylation sites is 1. The standard InChI is InChI=1S/C25H22F2N4O2S/c1-33-22-10-6-5-9-19(22)24-29-30-25(31(24)14-13-17-7-3-2-4-8-17)34-16-23(32)28-21-15-18(26)11-12-20(21)27/h2-12,15H,13-14,16H2,1H3,(H,28,32). The highest BCUT2D eigenvalue weighted by Crippen LogP contribution is 2.31. The predicted octanol–water partition coefficient (Wildman–Crippen LogP) is 5.21. The Bertz CT molecular complexity index is 1280. The molecule has 3 aromatic carbocycles. The molecule has 0 aliphatic heterocycles. The lowest BCUT2D eigenvalue weighted by atomic mass is 10.1. The zero-order chi connectivity index (χ0) is 23.9. The Morgan fingerprint density at radius 2 is 1.79 bits per heavy atom. The van der Waals surface area contributed by atoms with E-state index < -0.39 is 17.5 Å².